The van der Waals surface area contributed by atoms with Crippen LogP contribution in [0.1, 0.15) is 10.4 Å². The van der Waals surface area contributed by atoms with Crippen LogP contribution < -0.4 is 5.32 Å². The average molecular weight is 281 g/mol. The second kappa shape index (κ2) is 7.07. The van der Waals surface area contributed by atoms with Crippen molar-refractivity contribution in [2.75, 3.05) is 25.1 Å². The van der Waals surface area contributed by atoms with Crippen LogP contribution in [0.15, 0.2) is 12.1 Å². The molecule has 1 aromatic rings. The third kappa shape index (κ3) is 4.80. The molecule has 100 valence electrons. The molecule has 1 aromatic heterocycles. The third-order valence-electron chi connectivity index (χ3n) is 1.87. The summed E-state index contributed by atoms with van der Waals surface area (Å²) in [5, 5.41) is 11.7. The number of carbonyl (C=O) groups is 1. The van der Waals surface area contributed by atoms with Gasteiger partial charge in [0.2, 0.25) is 0 Å². The number of hydrogen-bond donors (Lipinski definition) is 2. The summed E-state index contributed by atoms with van der Waals surface area (Å²) in [4.78, 5) is 14.7. The van der Waals surface area contributed by atoms with Crippen LogP contribution >= 0.6 is 11.6 Å². The molecule has 0 unspecified atom stereocenters. The molecule has 0 saturated heterocycles. The highest BCUT2D eigenvalue weighted by atomic mass is 35.5. The number of aromatic nitrogens is 1. The van der Waals surface area contributed by atoms with Gasteiger partial charge >= 0.3 is 5.97 Å². The molecule has 0 fully saturated rings. The van der Waals surface area contributed by atoms with E-state index >= 15 is 0 Å². The van der Waals surface area contributed by atoms with Crippen molar-refractivity contribution in [3.8, 4) is 0 Å². The van der Waals surface area contributed by atoms with Crippen molar-refractivity contribution < 1.29 is 23.4 Å². The van der Waals surface area contributed by atoms with Crippen molar-refractivity contribution in [2.45, 2.75) is 6.43 Å². The molecule has 0 aliphatic heterocycles. The fraction of sp³-hybridized carbons (Fsp3) is 0.400. The minimum absolute atomic E-state index is 0.0115. The van der Waals surface area contributed by atoms with E-state index in [1.807, 2.05) is 0 Å². The highest BCUT2D eigenvalue weighted by molar-refractivity contribution is 6.29. The molecular formula is C10H11ClF2N2O3. The lowest BCUT2D eigenvalue weighted by Gasteiger charge is -2.09. The highest BCUT2D eigenvalue weighted by Crippen LogP contribution is 2.16. The Morgan fingerprint density at radius 3 is 2.89 bits per heavy atom. The van der Waals surface area contributed by atoms with Gasteiger partial charge in [0.1, 0.15) is 23.1 Å². The monoisotopic (exact) mass is 280 g/mol. The molecular weight excluding hydrogens is 270 g/mol. The highest BCUT2D eigenvalue weighted by Gasteiger charge is 2.11. The normalized spacial score (nSPS) is 10.7. The molecule has 0 bridgehead atoms. The van der Waals surface area contributed by atoms with Crippen LogP contribution in [0.2, 0.25) is 5.15 Å². The Morgan fingerprint density at radius 2 is 2.28 bits per heavy atom. The lowest BCUT2D eigenvalue weighted by molar-refractivity contribution is 0.0215. The molecule has 8 heteroatoms. The van der Waals surface area contributed by atoms with Gasteiger partial charge in [-0.25, -0.2) is 18.6 Å². The van der Waals surface area contributed by atoms with Crippen molar-refractivity contribution >= 4 is 23.4 Å². The molecule has 0 atom stereocenters. The third-order valence-corrected chi connectivity index (χ3v) is 2.08. The number of carboxylic acids is 1. The van der Waals surface area contributed by atoms with Crippen molar-refractivity contribution in [3.05, 3.63) is 22.8 Å². The van der Waals surface area contributed by atoms with Crippen LogP contribution in [0.4, 0.5) is 14.6 Å². The molecule has 1 heterocycles. The minimum atomic E-state index is -2.52. The van der Waals surface area contributed by atoms with Crippen molar-refractivity contribution in [1.29, 1.82) is 0 Å². The van der Waals surface area contributed by atoms with Gasteiger partial charge in [0.25, 0.3) is 6.43 Å². The molecule has 2 N–H and O–H groups in total. The van der Waals surface area contributed by atoms with Crippen molar-refractivity contribution in [1.82, 2.24) is 4.98 Å². The van der Waals surface area contributed by atoms with E-state index < -0.39 is 19.0 Å². The zero-order chi connectivity index (χ0) is 13.5. The Bertz CT molecular complexity index is 418. The minimum Gasteiger partial charge on any atom is -0.478 e. The number of halogens is 3. The topological polar surface area (TPSA) is 71.5 Å². The van der Waals surface area contributed by atoms with Gasteiger partial charge in [0, 0.05) is 6.54 Å². The number of alkyl halides is 2. The average Bonchev–Trinajstić information content (AvgIpc) is 2.27. The number of anilines is 1. The summed E-state index contributed by atoms with van der Waals surface area (Å²) >= 11 is 5.63. The summed E-state index contributed by atoms with van der Waals surface area (Å²) in [5.41, 5.74) is -0.0479. The number of ether oxygens (including phenoxy) is 1. The van der Waals surface area contributed by atoms with Gasteiger partial charge < -0.3 is 15.2 Å². The van der Waals surface area contributed by atoms with Crippen LogP contribution in [0.25, 0.3) is 0 Å². The second-order valence-corrected chi connectivity index (χ2v) is 3.62. The van der Waals surface area contributed by atoms with Gasteiger partial charge in [-0.2, -0.15) is 0 Å². The molecule has 0 aliphatic carbocycles. The number of aromatic carboxylic acids is 1. The number of hydrogen-bond acceptors (Lipinski definition) is 4. The zero-order valence-electron chi connectivity index (χ0n) is 9.20. The summed E-state index contributed by atoms with van der Waals surface area (Å²) in [6.07, 6.45) is -2.52. The Kier molecular flexibility index (Phi) is 5.73. The van der Waals surface area contributed by atoms with Crippen molar-refractivity contribution in [2.24, 2.45) is 0 Å². The number of carboxylic acid groups (broad SMARTS) is 1. The predicted octanol–water partition coefficient (Wildman–Crippen LogP) is 2.13. The fourth-order valence-electron chi connectivity index (χ4n) is 1.16. The van der Waals surface area contributed by atoms with Gasteiger partial charge in [-0.3, -0.25) is 0 Å². The van der Waals surface area contributed by atoms with Gasteiger partial charge in [-0.15, -0.1) is 0 Å². The number of pyridine rings is 1. The first-order valence-corrected chi connectivity index (χ1v) is 5.38. The summed E-state index contributed by atoms with van der Waals surface area (Å²) in [6, 6.07) is 2.66. The molecule has 5 nitrogen and oxygen atoms in total. The smallest absolute Gasteiger partial charge is 0.339 e. The number of nitrogens with one attached hydrogen (secondary N) is 1. The van der Waals surface area contributed by atoms with Crippen LogP contribution in [0, 0.1) is 0 Å². The van der Waals surface area contributed by atoms with E-state index in [2.05, 4.69) is 15.0 Å². The Balaban J connectivity index is 2.50. The predicted molar refractivity (Wildman–Crippen MR) is 61.5 cm³/mol. The molecule has 0 radical (unpaired) electrons. The van der Waals surface area contributed by atoms with Gasteiger partial charge in [0.15, 0.2) is 0 Å². The van der Waals surface area contributed by atoms with Gasteiger partial charge in [-0.05, 0) is 12.1 Å². The maximum absolute atomic E-state index is 11.8. The van der Waals surface area contributed by atoms with Gasteiger partial charge in [-0.1, -0.05) is 11.6 Å². The van der Waals surface area contributed by atoms with Crippen LogP contribution in [-0.4, -0.2) is 42.2 Å². The zero-order valence-corrected chi connectivity index (χ0v) is 9.95. The maximum Gasteiger partial charge on any atom is 0.339 e. The fourth-order valence-corrected chi connectivity index (χ4v) is 1.30. The molecule has 0 spiro atoms. The molecule has 0 aliphatic rings. The Hall–Kier alpha value is -1.47. The SMILES string of the molecule is O=C(O)c1ccc(Cl)nc1NCCOCC(F)F. The molecule has 0 aromatic carbocycles. The summed E-state index contributed by atoms with van der Waals surface area (Å²) in [5.74, 6) is -1.08. The first-order valence-electron chi connectivity index (χ1n) is 5.00. The first kappa shape index (κ1) is 14.6. The van der Waals surface area contributed by atoms with Crippen LogP contribution in [0.5, 0.6) is 0 Å². The van der Waals surface area contributed by atoms with E-state index in [-0.39, 0.29) is 29.7 Å². The lowest BCUT2D eigenvalue weighted by Crippen LogP contribution is -2.15. The van der Waals surface area contributed by atoms with E-state index in [4.69, 9.17) is 16.7 Å². The molecule has 0 amide bonds. The van der Waals surface area contributed by atoms with Crippen LogP contribution in [-0.2, 0) is 4.74 Å². The maximum atomic E-state index is 11.8. The summed E-state index contributed by atoms with van der Waals surface area (Å²) in [7, 11) is 0. The van der Waals surface area contributed by atoms with E-state index in [0.717, 1.165) is 0 Å². The van der Waals surface area contributed by atoms with E-state index in [1.165, 1.54) is 12.1 Å². The first-order chi connectivity index (χ1) is 8.50. The van der Waals surface area contributed by atoms with Gasteiger partial charge in [0.05, 0.1) is 6.61 Å². The molecule has 0 saturated carbocycles. The molecule has 1 rings (SSSR count). The lowest BCUT2D eigenvalue weighted by atomic mass is 10.2. The quantitative estimate of drug-likeness (QED) is 0.591. The Labute approximate surface area is 107 Å². The standard InChI is InChI=1S/C10H11ClF2N2O3/c11-7-2-1-6(10(16)17)9(15-7)14-3-4-18-5-8(12)13/h1-2,8H,3-5H2,(H,14,15)(H,16,17). The van der Waals surface area contributed by atoms with E-state index in [1.54, 1.807) is 0 Å². The molecule has 18 heavy (non-hydrogen) atoms. The largest absolute Gasteiger partial charge is 0.478 e. The van der Waals surface area contributed by atoms with E-state index in [9.17, 15) is 13.6 Å². The van der Waals surface area contributed by atoms with Crippen molar-refractivity contribution in [3.63, 3.8) is 0 Å². The Morgan fingerprint density at radius 1 is 1.56 bits per heavy atom. The van der Waals surface area contributed by atoms with Crippen LogP contribution in [0.3, 0.4) is 0 Å². The summed E-state index contributed by atoms with van der Waals surface area (Å²) < 4.78 is 28.1. The number of nitrogens with zero attached hydrogens (tertiary/aromatic N) is 1. The summed E-state index contributed by atoms with van der Waals surface area (Å²) in [6.45, 7) is -0.492. The van der Waals surface area contributed by atoms with E-state index in [0.29, 0.717) is 0 Å². The second-order valence-electron chi connectivity index (χ2n) is 3.23. The number of rotatable bonds is 7.